The summed E-state index contributed by atoms with van der Waals surface area (Å²) in [4.78, 5) is 16.4. The number of nitrogen functional groups attached to an aromatic ring is 1. The third-order valence-electron chi connectivity index (χ3n) is 8.46. The molecule has 0 aromatic carbocycles. The van der Waals surface area contributed by atoms with Gasteiger partial charge in [-0.15, -0.1) is 0 Å². The summed E-state index contributed by atoms with van der Waals surface area (Å²) >= 11 is 7.78. The van der Waals surface area contributed by atoms with Crippen molar-refractivity contribution in [2.45, 2.75) is 108 Å². The predicted octanol–water partition coefficient (Wildman–Crippen LogP) is 6.01. The van der Waals surface area contributed by atoms with Crippen LogP contribution in [0.5, 0.6) is 0 Å². The van der Waals surface area contributed by atoms with Gasteiger partial charge in [0.2, 0.25) is 5.69 Å². The summed E-state index contributed by atoms with van der Waals surface area (Å²) in [6.07, 6.45) is 3.87. The summed E-state index contributed by atoms with van der Waals surface area (Å²) in [5.41, 5.74) is 3.81. The number of ether oxygens (including phenoxy) is 1. The molecule has 0 spiro atoms. The maximum Gasteiger partial charge on any atom is 0.351 e. The number of rotatable bonds is 7. The van der Waals surface area contributed by atoms with Crippen molar-refractivity contribution in [1.82, 2.24) is 9.55 Å². The molecule has 8 nitrogen and oxygen atoms in total. The summed E-state index contributed by atoms with van der Waals surface area (Å²) in [5, 5.41) is 0.0555. The highest BCUT2D eigenvalue weighted by Gasteiger charge is 2.55. The van der Waals surface area contributed by atoms with Crippen molar-refractivity contribution in [2.75, 3.05) is 12.3 Å². The number of fused-ring (bicyclic) bond motifs is 1. The Morgan fingerprint density at radius 1 is 1.43 bits per heavy atom. The molecule has 2 aliphatic heterocycles. The zero-order chi connectivity index (χ0) is 27.4. The van der Waals surface area contributed by atoms with Gasteiger partial charge in [0, 0.05) is 17.4 Å². The molecule has 1 saturated carbocycles. The molecule has 208 valence electrons. The van der Waals surface area contributed by atoms with Crippen LogP contribution in [0.1, 0.15) is 66.5 Å². The van der Waals surface area contributed by atoms with Crippen molar-refractivity contribution in [3.8, 4) is 0 Å². The standard InChI is InChI=1S/C25H42N3O5PS2Si/c1-16(2)17-9-11-25(6)20(13-17)33-34(35,36-25)32-18-14-22(28-12-10-21(26)27-23(28)29)31-19(18)15-30-37(7,8)24(3,4)5/h10,12,17-20,22H,1,9,11,13-15H2,2-8H3,(H2,26,27,29)/t17-,18+,19-,20+,22-,25+,34?/m1/s1. The van der Waals surface area contributed by atoms with E-state index >= 15 is 0 Å². The van der Waals surface area contributed by atoms with E-state index in [1.807, 2.05) is 0 Å². The number of hydrogen-bond donors (Lipinski definition) is 1. The molecular formula is C25H42N3O5PS2Si. The van der Waals surface area contributed by atoms with E-state index in [1.165, 1.54) is 10.1 Å². The highest BCUT2D eigenvalue weighted by molar-refractivity contribution is 8.68. The van der Waals surface area contributed by atoms with Gasteiger partial charge in [-0.1, -0.05) is 44.3 Å². The number of anilines is 1. The van der Waals surface area contributed by atoms with Crippen molar-refractivity contribution in [1.29, 1.82) is 0 Å². The fraction of sp³-hybridized carbons (Fsp3) is 0.760. The Bertz CT molecular complexity index is 1140. The van der Waals surface area contributed by atoms with E-state index in [0.717, 1.165) is 19.3 Å². The molecule has 3 aliphatic rings. The van der Waals surface area contributed by atoms with Gasteiger partial charge < -0.3 is 23.9 Å². The molecule has 1 aromatic heterocycles. The molecule has 4 rings (SSSR count). The quantitative estimate of drug-likeness (QED) is 0.234. The topological polar surface area (TPSA) is 97.8 Å². The fourth-order valence-electron chi connectivity index (χ4n) is 4.88. The smallest absolute Gasteiger partial charge is 0.351 e. The lowest BCUT2D eigenvalue weighted by Crippen LogP contribution is -2.44. The van der Waals surface area contributed by atoms with Crippen LogP contribution in [0.3, 0.4) is 0 Å². The minimum absolute atomic E-state index is 0.0442. The Balaban J connectivity index is 1.54. The molecule has 12 heteroatoms. The largest absolute Gasteiger partial charge is 0.414 e. The number of aromatic nitrogens is 2. The van der Waals surface area contributed by atoms with Crippen LogP contribution in [0, 0.1) is 5.92 Å². The second kappa shape index (κ2) is 10.5. The Morgan fingerprint density at radius 3 is 2.76 bits per heavy atom. The molecule has 3 fully saturated rings. The third kappa shape index (κ3) is 6.29. The second-order valence-corrected chi connectivity index (χ2v) is 23.8. The van der Waals surface area contributed by atoms with Crippen molar-refractivity contribution in [2.24, 2.45) is 5.92 Å². The molecule has 1 aliphatic carbocycles. The van der Waals surface area contributed by atoms with Gasteiger partial charge in [0.05, 0.1) is 18.8 Å². The van der Waals surface area contributed by atoms with Crippen molar-refractivity contribution in [3.63, 3.8) is 0 Å². The highest BCUT2D eigenvalue weighted by Crippen LogP contribution is 2.76. The lowest BCUT2D eigenvalue weighted by atomic mass is 9.77. The highest BCUT2D eigenvalue weighted by atomic mass is 32.9. The van der Waals surface area contributed by atoms with E-state index in [1.54, 1.807) is 23.6 Å². The zero-order valence-corrected chi connectivity index (χ0v) is 26.6. The van der Waals surface area contributed by atoms with Crippen LogP contribution in [0.25, 0.3) is 0 Å². The van der Waals surface area contributed by atoms with E-state index in [-0.39, 0.29) is 33.9 Å². The number of allylic oxidation sites excluding steroid dienone is 1. The normalized spacial score (nSPS) is 36.5. The lowest BCUT2D eigenvalue weighted by Gasteiger charge is -2.37. The van der Waals surface area contributed by atoms with Gasteiger partial charge >= 0.3 is 5.69 Å². The molecule has 2 saturated heterocycles. The lowest BCUT2D eigenvalue weighted by molar-refractivity contribution is -0.0399. The molecule has 3 heterocycles. The van der Waals surface area contributed by atoms with Gasteiger partial charge in [-0.25, -0.2) is 4.79 Å². The minimum Gasteiger partial charge on any atom is -0.414 e. The van der Waals surface area contributed by atoms with Gasteiger partial charge in [-0.2, -0.15) is 4.98 Å². The predicted molar refractivity (Wildman–Crippen MR) is 157 cm³/mol. The van der Waals surface area contributed by atoms with Gasteiger partial charge in [-0.05, 0) is 75.0 Å². The molecule has 0 bridgehead atoms. The van der Waals surface area contributed by atoms with Crippen LogP contribution in [-0.2, 0) is 30.0 Å². The van der Waals surface area contributed by atoms with Gasteiger partial charge in [0.25, 0.3) is 0 Å². The number of nitrogens with zero attached hydrogens (tertiary/aromatic N) is 2. The van der Waals surface area contributed by atoms with E-state index < -0.39 is 25.9 Å². The average molecular weight is 588 g/mol. The van der Waals surface area contributed by atoms with E-state index in [9.17, 15) is 4.79 Å². The molecule has 2 N–H and O–H groups in total. The Kier molecular flexibility index (Phi) is 8.33. The monoisotopic (exact) mass is 587 g/mol. The molecule has 1 aromatic rings. The molecule has 0 amide bonds. The summed E-state index contributed by atoms with van der Waals surface area (Å²) < 4.78 is 27.6. The van der Waals surface area contributed by atoms with Crippen molar-refractivity contribution >= 4 is 43.0 Å². The summed E-state index contributed by atoms with van der Waals surface area (Å²) in [6, 6.07) is 1.60. The molecular weight excluding hydrogens is 545 g/mol. The second-order valence-electron chi connectivity index (χ2n) is 12.4. The van der Waals surface area contributed by atoms with E-state index in [4.69, 9.17) is 35.8 Å². The molecule has 1 unspecified atom stereocenters. The van der Waals surface area contributed by atoms with Crippen LogP contribution in [0.4, 0.5) is 5.82 Å². The number of hydrogen-bond acceptors (Lipinski definition) is 9. The van der Waals surface area contributed by atoms with Crippen LogP contribution in [0.2, 0.25) is 18.1 Å². The summed E-state index contributed by atoms with van der Waals surface area (Å²) in [5.74, 6) is 0.634. The van der Waals surface area contributed by atoms with E-state index in [0.29, 0.717) is 18.9 Å². The third-order valence-corrected chi connectivity index (χ3v) is 18.7. The Morgan fingerprint density at radius 2 is 2.14 bits per heavy atom. The van der Waals surface area contributed by atoms with Crippen LogP contribution in [-0.4, -0.2) is 47.5 Å². The van der Waals surface area contributed by atoms with Crippen LogP contribution in [0.15, 0.2) is 29.2 Å². The van der Waals surface area contributed by atoms with Gasteiger partial charge in [-0.3, -0.25) is 4.57 Å². The Labute approximate surface area is 231 Å². The number of nitrogens with two attached hydrogens (primary N) is 1. The SMILES string of the molecule is C=C(C)[C@@H]1CC[C@]2(C)SP(=S)(O[C@H]3C[C@H](n4ccc(N)nc4=O)O[C@@H]3CO[Si](C)(C)C(C)(C)C)O[C@H]2C1. The molecule has 0 radical (unpaired) electrons. The zero-order valence-electron chi connectivity index (χ0n) is 23.1. The average Bonchev–Trinajstić information content (AvgIpc) is 3.27. The van der Waals surface area contributed by atoms with Crippen molar-refractivity contribution < 1.29 is 18.2 Å². The van der Waals surface area contributed by atoms with Gasteiger partial charge in [0.15, 0.2) is 8.32 Å². The summed E-state index contributed by atoms with van der Waals surface area (Å²) in [6.45, 7) is 19.9. The first-order valence-corrected chi connectivity index (χ1v) is 20.0. The van der Waals surface area contributed by atoms with E-state index in [2.05, 4.69) is 59.3 Å². The minimum atomic E-state index is -2.65. The van der Waals surface area contributed by atoms with Crippen LogP contribution >= 0.6 is 17.1 Å². The first-order valence-electron chi connectivity index (χ1n) is 13.0. The molecule has 7 atom stereocenters. The fourth-order valence-corrected chi connectivity index (χ4v) is 13.5. The first-order chi connectivity index (χ1) is 17.0. The van der Waals surface area contributed by atoms with Crippen LogP contribution < -0.4 is 11.4 Å². The maximum absolute atomic E-state index is 12.6. The first kappa shape index (κ1) is 29.5. The molecule has 37 heavy (non-hydrogen) atoms. The van der Waals surface area contributed by atoms with Crippen molar-refractivity contribution in [3.05, 3.63) is 34.9 Å². The Hall–Kier alpha value is -0.523. The summed E-state index contributed by atoms with van der Waals surface area (Å²) in [7, 11) is -2.04. The van der Waals surface area contributed by atoms with Gasteiger partial charge in [0.1, 0.15) is 18.1 Å². The maximum atomic E-state index is 12.6.